The summed E-state index contributed by atoms with van der Waals surface area (Å²) >= 11 is 0. The molecule has 24 heavy (non-hydrogen) atoms. The minimum atomic E-state index is -0.731. The SMILES string of the molecule is Cc1ccc(OC(C)C(=O)Nc2cccc([N+](=O)[O-])c2C)cc1C. The van der Waals surface area contributed by atoms with Crippen molar-refractivity contribution in [2.24, 2.45) is 0 Å². The summed E-state index contributed by atoms with van der Waals surface area (Å²) in [6.45, 7) is 7.21. The normalized spacial score (nSPS) is 11.7. The Morgan fingerprint density at radius 3 is 2.50 bits per heavy atom. The first-order valence-corrected chi connectivity index (χ1v) is 7.58. The number of amides is 1. The number of ether oxygens (including phenoxy) is 1. The van der Waals surface area contributed by atoms with E-state index in [-0.39, 0.29) is 11.6 Å². The second kappa shape index (κ2) is 7.12. The van der Waals surface area contributed by atoms with Crippen LogP contribution in [0.25, 0.3) is 0 Å². The second-order valence-electron chi connectivity index (χ2n) is 5.70. The third-order valence-electron chi connectivity index (χ3n) is 3.92. The van der Waals surface area contributed by atoms with Crippen LogP contribution in [0, 0.1) is 30.9 Å². The van der Waals surface area contributed by atoms with Gasteiger partial charge in [-0.2, -0.15) is 0 Å². The molecule has 2 rings (SSSR count). The number of carbonyl (C=O) groups is 1. The number of hydrogen-bond donors (Lipinski definition) is 1. The standard InChI is InChI=1S/C18H20N2O4/c1-11-8-9-15(10-12(11)2)24-14(4)18(21)19-16-6-5-7-17(13(16)3)20(22)23/h5-10,14H,1-4H3,(H,19,21). The van der Waals surface area contributed by atoms with Gasteiger partial charge in [0.1, 0.15) is 5.75 Å². The van der Waals surface area contributed by atoms with Gasteiger partial charge in [0, 0.05) is 6.07 Å². The summed E-state index contributed by atoms with van der Waals surface area (Å²) in [5.74, 6) is 0.244. The van der Waals surface area contributed by atoms with Gasteiger partial charge in [0.25, 0.3) is 11.6 Å². The number of aryl methyl sites for hydroxylation is 2. The number of benzene rings is 2. The molecule has 0 aliphatic carbocycles. The fourth-order valence-corrected chi connectivity index (χ4v) is 2.24. The topological polar surface area (TPSA) is 81.5 Å². The van der Waals surface area contributed by atoms with Gasteiger partial charge in [0.15, 0.2) is 6.10 Å². The average Bonchev–Trinajstić information content (AvgIpc) is 2.52. The third kappa shape index (κ3) is 3.90. The van der Waals surface area contributed by atoms with Gasteiger partial charge < -0.3 is 10.1 Å². The Morgan fingerprint density at radius 1 is 1.17 bits per heavy atom. The molecule has 0 heterocycles. The Hall–Kier alpha value is -2.89. The predicted octanol–water partition coefficient (Wildman–Crippen LogP) is 3.93. The zero-order valence-electron chi connectivity index (χ0n) is 14.1. The number of nitro benzene ring substituents is 1. The molecule has 0 aliphatic rings. The lowest BCUT2D eigenvalue weighted by Gasteiger charge is -2.16. The largest absolute Gasteiger partial charge is 0.481 e. The average molecular weight is 328 g/mol. The monoisotopic (exact) mass is 328 g/mol. The van der Waals surface area contributed by atoms with E-state index < -0.39 is 11.0 Å². The number of nitrogens with one attached hydrogen (secondary N) is 1. The van der Waals surface area contributed by atoms with Gasteiger partial charge in [-0.3, -0.25) is 14.9 Å². The van der Waals surface area contributed by atoms with E-state index in [1.807, 2.05) is 32.0 Å². The van der Waals surface area contributed by atoms with Crippen LogP contribution in [0.5, 0.6) is 5.75 Å². The van der Waals surface area contributed by atoms with Crippen molar-refractivity contribution in [1.82, 2.24) is 0 Å². The highest BCUT2D eigenvalue weighted by atomic mass is 16.6. The Balaban J connectivity index is 2.10. The number of carbonyl (C=O) groups excluding carboxylic acids is 1. The Kier molecular flexibility index (Phi) is 5.18. The molecule has 1 N–H and O–H groups in total. The maximum atomic E-state index is 12.3. The Morgan fingerprint density at radius 2 is 1.88 bits per heavy atom. The second-order valence-corrected chi connectivity index (χ2v) is 5.70. The van der Waals surface area contributed by atoms with Gasteiger partial charge >= 0.3 is 0 Å². The van der Waals surface area contributed by atoms with E-state index in [9.17, 15) is 14.9 Å². The molecule has 1 unspecified atom stereocenters. The predicted molar refractivity (Wildman–Crippen MR) is 92.5 cm³/mol. The molecule has 2 aromatic rings. The molecule has 6 heteroatoms. The summed E-state index contributed by atoms with van der Waals surface area (Å²) in [6.07, 6.45) is -0.731. The molecule has 2 aromatic carbocycles. The van der Waals surface area contributed by atoms with E-state index in [1.165, 1.54) is 12.1 Å². The van der Waals surface area contributed by atoms with E-state index >= 15 is 0 Å². The summed E-state index contributed by atoms with van der Waals surface area (Å²) < 4.78 is 5.66. The van der Waals surface area contributed by atoms with Crippen molar-refractivity contribution in [3.05, 3.63) is 63.2 Å². The fourth-order valence-electron chi connectivity index (χ4n) is 2.24. The van der Waals surface area contributed by atoms with E-state index in [0.717, 1.165) is 11.1 Å². The molecule has 126 valence electrons. The summed E-state index contributed by atoms with van der Waals surface area (Å²) in [7, 11) is 0. The van der Waals surface area contributed by atoms with Crippen molar-refractivity contribution in [2.45, 2.75) is 33.8 Å². The quantitative estimate of drug-likeness (QED) is 0.666. The molecule has 1 amide bonds. The van der Waals surface area contributed by atoms with Crippen molar-refractivity contribution in [1.29, 1.82) is 0 Å². The lowest BCUT2D eigenvalue weighted by molar-refractivity contribution is -0.385. The van der Waals surface area contributed by atoms with Crippen LogP contribution >= 0.6 is 0 Å². The fraction of sp³-hybridized carbons (Fsp3) is 0.278. The highest BCUT2D eigenvalue weighted by Gasteiger charge is 2.19. The Bertz CT molecular complexity index is 787. The van der Waals surface area contributed by atoms with Crippen LogP contribution in [0.15, 0.2) is 36.4 Å². The van der Waals surface area contributed by atoms with Crippen LogP contribution in [0.3, 0.4) is 0 Å². The van der Waals surface area contributed by atoms with E-state index in [2.05, 4.69) is 5.32 Å². The highest BCUT2D eigenvalue weighted by molar-refractivity contribution is 5.95. The molecule has 0 bridgehead atoms. The van der Waals surface area contributed by atoms with Gasteiger partial charge in [-0.25, -0.2) is 0 Å². The van der Waals surface area contributed by atoms with Crippen molar-refractivity contribution in [2.75, 3.05) is 5.32 Å². The Labute approximate surface area is 140 Å². The van der Waals surface area contributed by atoms with Gasteiger partial charge in [-0.1, -0.05) is 12.1 Å². The van der Waals surface area contributed by atoms with E-state index in [0.29, 0.717) is 17.0 Å². The van der Waals surface area contributed by atoms with E-state index in [4.69, 9.17) is 4.74 Å². The number of hydrogen-bond acceptors (Lipinski definition) is 4. The van der Waals surface area contributed by atoms with Crippen molar-refractivity contribution in [3.8, 4) is 5.75 Å². The van der Waals surface area contributed by atoms with Gasteiger partial charge in [0.05, 0.1) is 16.2 Å². The van der Waals surface area contributed by atoms with Crippen LogP contribution < -0.4 is 10.1 Å². The van der Waals surface area contributed by atoms with E-state index in [1.54, 1.807) is 19.9 Å². The minimum Gasteiger partial charge on any atom is -0.481 e. The van der Waals surface area contributed by atoms with Gasteiger partial charge in [-0.05, 0) is 57.0 Å². The van der Waals surface area contributed by atoms with Crippen LogP contribution in [-0.2, 0) is 4.79 Å². The van der Waals surface area contributed by atoms with Gasteiger partial charge in [0.2, 0.25) is 0 Å². The zero-order valence-corrected chi connectivity index (χ0v) is 14.1. The maximum Gasteiger partial charge on any atom is 0.274 e. The molecule has 0 aliphatic heterocycles. The lowest BCUT2D eigenvalue weighted by Crippen LogP contribution is -2.30. The minimum absolute atomic E-state index is 0.0319. The molecule has 0 spiro atoms. The summed E-state index contributed by atoms with van der Waals surface area (Å²) in [5.41, 5.74) is 3.01. The molecular weight excluding hydrogens is 308 g/mol. The third-order valence-corrected chi connectivity index (χ3v) is 3.92. The van der Waals surface area contributed by atoms with Crippen LogP contribution in [-0.4, -0.2) is 16.9 Å². The first-order chi connectivity index (χ1) is 11.3. The molecule has 0 fully saturated rings. The smallest absolute Gasteiger partial charge is 0.274 e. The summed E-state index contributed by atoms with van der Waals surface area (Å²) in [6, 6.07) is 10.2. The molecule has 0 aromatic heterocycles. The maximum absolute atomic E-state index is 12.3. The lowest BCUT2D eigenvalue weighted by atomic mass is 10.1. The molecular formula is C18H20N2O4. The summed E-state index contributed by atoms with van der Waals surface area (Å²) in [4.78, 5) is 22.8. The first-order valence-electron chi connectivity index (χ1n) is 7.58. The number of anilines is 1. The molecule has 0 radical (unpaired) electrons. The van der Waals surface area contributed by atoms with Crippen molar-refractivity contribution < 1.29 is 14.5 Å². The summed E-state index contributed by atoms with van der Waals surface area (Å²) in [5, 5.41) is 13.6. The first kappa shape index (κ1) is 17.5. The molecule has 0 saturated heterocycles. The molecule has 1 atom stereocenters. The molecule has 6 nitrogen and oxygen atoms in total. The van der Waals surface area contributed by atoms with Crippen molar-refractivity contribution >= 4 is 17.3 Å². The number of nitrogens with zero attached hydrogens (tertiary/aromatic N) is 1. The number of nitro groups is 1. The highest BCUT2D eigenvalue weighted by Crippen LogP contribution is 2.25. The van der Waals surface area contributed by atoms with Crippen LogP contribution in [0.1, 0.15) is 23.6 Å². The van der Waals surface area contributed by atoms with Crippen LogP contribution in [0.2, 0.25) is 0 Å². The van der Waals surface area contributed by atoms with Crippen LogP contribution in [0.4, 0.5) is 11.4 Å². The number of rotatable bonds is 5. The van der Waals surface area contributed by atoms with Gasteiger partial charge in [-0.15, -0.1) is 0 Å². The van der Waals surface area contributed by atoms with Crippen molar-refractivity contribution in [3.63, 3.8) is 0 Å². The molecule has 0 saturated carbocycles. The zero-order chi connectivity index (χ0) is 17.9.